The molecule has 100 valence electrons. The van der Waals surface area contributed by atoms with Crippen molar-refractivity contribution in [3.63, 3.8) is 0 Å². The van der Waals surface area contributed by atoms with E-state index in [4.69, 9.17) is 16.9 Å². The summed E-state index contributed by atoms with van der Waals surface area (Å²) in [6, 6.07) is 16.3. The summed E-state index contributed by atoms with van der Waals surface area (Å²) < 4.78 is 0. The van der Waals surface area contributed by atoms with Crippen molar-refractivity contribution in [2.24, 2.45) is 0 Å². The Hall–Kier alpha value is -2.31. The molecule has 0 aliphatic carbocycles. The second-order valence-corrected chi connectivity index (χ2v) is 4.59. The molecular formula is C16H13ClN2O. The fraction of sp³-hybridized carbons (Fsp3) is 0.125. The minimum atomic E-state index is -0.161. The molecule has 1 amide bonds. The molecule has 0 atom stereocenters. The first-order valence-corrected chi connectivity index (χ1v) is 6.68. The lowest BCUT2D eigenvalue weighted by Gasteiger charge is -2.06. The van der Waals surface area contributed by atoms with Crippen molar-refractivity contribution in [2.75, 3.05) is 0 Å². The second-order valence-electron chi connectivity index (χ2n) is 4.33. The van der Waals surface area contributed by atoms with Crippen LogP contribution in [0, 0.1) is 11.3 Å². The van der Waals surface area contributed by atoms with E-state index in [-0.39, 0.29) is 5.91 Å². The normalized spacial score (nSPS) is 9.80. The molecular weight excluding hydrogens is 272 g/mol. The Kier molecular flexibility index (Phi) is 4.75. The molecule has 0 saturated heterocycles. The summed E-state index contributed by atoms with van der Waals surface area (Å²) in [6.45, 7) is 0.448. The van der Waals surface area contributed by atoms with Gasteiger partial charge in [0, 0.05) is 18.0 Å². The molecule has 0 fully saturated rings. The van der Waals surface area contributed by atoms with Crippen LogP contribution < -0.4 is 5.32 Å². The number of benzene rings is 2. The molecule has 0 aliphatic heterocycles. The smallest absolute Gasteiger partial charge is 0.251 e. The average molecular weight is 285 g/mol. The molecule has 0 bridgehead atoms. The number of amides is 1. The quantitative estimate of drug-likeness (QED) is 0.877. The molecule has 0 spiro atoms. The zero-order valence-corrected chi connectivity index (χ0v) is 11.5. The van der Waals surface area contributed by atoms with E-state index in [0.29, 0.717) is 23.6 Å². The van der Waals surface area contributed by atoms with Gasteiger partial charge in [0.15, 0.2) is 0 Å². The fourth-order valence-electron chi connectivity index (χ4n) is 1.80. The van der Waals surface area contributed by atoms with Gasteiger partial charge in [0.2, 0.25) is 0 Å². The fourth-order valence-corrected chi connectivity index (χ4v) is 1.97. The van der Waals surface area contributed by atoms with Crippen molar-refractivity contribution >= 4 is 17.5 Å². The summed E-state index contributed by atoms with van der Waals surface area (Å²) in [7, 11) is 0. The number of nitrogens with one attached hydrogen (secondary N) is 1. The van der Waals surface area contributed by atoms with Crippen LogP contribution in [0.15, 0.2) is 48.5 Å². The number of nitrogens with zero attached hydrogens (tertiary/aromatic N) is 1. The first-order chi connectivity index (χ1) is 9.72. The van der Waals surface area contributed by atoms with Crippen LogP contribution in [0.5, 0.6) is 0 Å². The van der Waals surface area contributed by atoms with E-state index in [1.807, 2.05) is 30.3 Å². The minimum Gasteiger partial charge on any atom is -0.348 e. The number of hydrogen-bond acceptors (Lipinski definition) is 2. The molecule has 0 aromatic heterocycles. The van der Waals surface area contributed by atoms with Crippen LogP contribution in [-0.2, 0) is 12.4 Å². The number of nitriles is 1. The molecule has 0 aliphatic rings. The first-order valence-electron chi connectivity index (χ1n) is 6.15. The van der Waals surface area contributed by atoms with Gasteiger partial charge >= 0.3 is 0 Å². The van der Waals surface area contributed by atoms with Gasteiger partial charge in [-0.3, -0.25) is 4.79 Å². The van der Waals surface area contributed by atoms with E-state index in [2.05, 4.69) is 5.32 Å². The molecule has 2 rings (SSSR count). The van der Waals surface area contributed by atoms with E-state index in [0.717, 1.165) is 11.1 Å². The number of halogens is 1. The third kappa shape index (κ3) is 3.59. The van der Waals surface area contributed by atoms with Gasteiger partial charge in [0.25, 0.3) is 5.91 Å². The lowest BCUT2D eigenvalue weighted by Crippen LogP contribution is -2.22. The van der Waals surface area contributed by atoms with Gasteiger partial charge in [-0.05, 0) is 35.4 Å². The number of carbonyl (C=O) groups excluding carboxylic acids is 1. The second kappa shape index (κ2) is 6.74. The third-order valence-corrected chi connectivity index (χ3v) is 3.18. The molecule has 20 heavy (non-hydrogen) atoms. The number of alkyl halides is 1. The van der Waals surface area contributed by atoms with Crippen molar-refractivity contribution < 1.29 is 4.79 Å². The maximum atomic E-state index is 12.0. The van der Waals surface area contributed by atoms with Gasteiger partial charge in [-0.1, -0.05) is 24.3 Å². The van der Waals surface area contributed by atoms with Crippen LogP contribution in [0.1, 0.15) is 27.0 Å². The van der Waals surface area contributed by atoms with Gasteiger partial charge in [-0.15, -0.1) is 11.6 Å². The highest BCUT2D eigenvalue weighted by Gasteiger charge is 2.05. The molecule has 2 aromatic rings. The Morgan fingerprint density at radius 2 is 1.85 bits per heavy atom. The summed E-state index contributed by atoms with van der Waals surface area (Å²) in [5.74, 6) is 0.294. The van der Waals surface area contributed by atoms with Crippen LogP contribution in [-0.4, -0.2) is 5.91 Å². The van der Waals surface area contributed by atoms with E-state index in [1.165, 1.54) is 0 Å². The van der Waals surface area contributed by atoms with Crippen LogP contribution in [0.25, 0.3) is 0 Å². The number of rotatable bonds is 4. The van der Waals surface area contributed by atoms with Crippen molar-refractivity contribution in [2.45, 2.75) is 12.4 Å². The zero-order valence-electron chi connectivity index (χ0n) is 10.8. The molecule has 0 saturated carbocycles. The lowest BCUT2D eigenvalue weighted by molar-refractivity contribution is 0.0951. The molecule has 2 aromatic carbocycles. The summed E-state index contributed by atoms with van der Waals surface area (Å²) >= 11 is 5.77. The topological polar surface area (TPSA) is 52.9 Å². The minimum absolute atomic E-state index is 0.161. The maximum absolute atomic E-state index is 12.0. The van der Waals surface area contributed by atoms with Crippen LogP contribution in [0.2, 0.25) is 0 Å². The SMILES string of the molecule is N#Cc1ccc(C(=O)NCc2cccc(CCl)c2)cc1. The van der Waals surface area contributed by atoms with Crippen molar-refractivity contribution in [1.29, 1.82) is 5.26 Å². The Morgan fingerprint density at radius 1 is 1.15 bits per heavy atom. The summed E-state index contributed by atoms with van der Waals surface area (Å²) in [4.78, 5) is 12.0. The van der Waals surface area contributed by atoms with Crippen LogP contribution >= 0.6 is 11.6 Å². The van der Waals surface area contributed by atoms with Crippen molar-refractivity contribution in [3.8, 4) is 6.07 Å². The number of carbonyl (C=O) groups is 1. The van der Waals surface area contributed by atoms with Gasteiger partial charge in [0.05, 0.1) is 11.6 Å². The zero-order chi connectivity index (χ0) is 14.4. The Bertz CT molecular complexity index is 644. The molecule has 3 nitrogen and oxygen atoms in total. The standard InChI is InChI=1S/C16H13ClN2O/c17-9-13-2-1-3-14(8-13)11-19-16(20)15-6-4-12(10-18)5-7-15/h1-8H,9,11H2,(H,19,20). The third-order valence-electron chi connectivity index (χ3n) is 2.87. The molecule has 1 N–H and O–H groups in total. The molecule has 4 heteroatoms. The van der Waals surface area contributed by atoms with Gasteiger partial charge in [0.1, 0.15) is 0 Å². The highest BCUT2D eigenvalue weighted by atomic mass is 35.5. The highest BCUT2D eigenvalue weighted by Crippen LogP contribution is 2.08. The monoisotopic (exact) mass is 284 g/mol. The Labute approximate surface area is 122 Å². The van der Waals surface area contributed by atoms with Gasteiger partial charge in [-0.25, -0.2) is 0 Å². The molecule has 0 unspecified atom stereocenters. The van der Waals surface area contributed by atoms with E-state index < -0.39 is 0 Å². The Balaban J connectivity index is 1.99. The average Bonchev–Trinajstić information content (AvgIpc) is 2.53. The summed E-state index contributed by atoms with van der Waals surface area (Å²) in [6.07, 6.45) is 0. The van der Waals surface area contributed by atoms with E-state index in [1.54, 1.807) is 24.3 Å². The predicted octanol–water partition coefficient (Wildman–Crippen LogP) is 3.23. The lowest BCUT2D eigenvalue weighted by atomic mass is 10.1. The highest BCUT2D eigenvalue weighted by molar-refractivity contribution is 6.17. The van der Waals surface area contributed by atoms with Crippen molar-refractivity contribution in [3.05, 3.63) is 70.8 Å². The predicted molar refractivity (Wildman–Crippen MR) is 78.3 cm³/mol. The largest absolute Gasteiger partial charge is 0.348 e. The Morgan fingerprint density at radius 3 is 2.50 bits per heavy atom. The molecule has 0 radical (unpaired) electrons. The van der Waals surface area contributed by atoms with Crippen LogP contribution in [0.3, 0.4) is 0 Å². The van der Waals surface area contributed by atoms with Gasteiger partial charge < -0.3 is 5.32 Å². The van der Waals surface area contributed by atoms with Crippen LogP contribution in [0.4, 0.5) is 0 Å². The van der Waals surface area contributed by atoms with Gasteiger partial charge in [-0.2, -0.15) is 5.26 Å². The van der Waals surface area contributed by atoms with Crippen molar-refractivity contribution in [1.82, 2.24) is 5.32 Å². The summed E-state index contributed by atoms with van der Waals surface area (Å²) in [5, 5.41) is 11.5. The van der Waals surface area contributed by atoms with E-state index in [9.17, 15) is 4.79 Å². The van der Waals surface area contributed by atoms with E-state index >= 15 is 0 Å². The maximum Gasteiger partial charge on any atom is 0.251 e. The first kappa shape index (κ1) is 14.1. The molecule has 0 heterocycles. The number of hydrogen-bond donors (Lipinski definition) is 1. The summed E-state index contributed by atoms with van der Waals surface area (Å²) in [5.41, 5.74) is 3.11.